The van der Waals surface area contributed by atoms with Gasteiger partial charge in [-0.2, -0.15) is 0 Å². The molecule has 2 heterocycles. The summed E-state index contributed by atoms with van der Waals surface area (Å²) < 4.78 is 5.47. The van der Waals surface area contributed by atoms with Crippen molar-refractivity contribution in [3.05, 3.63) is 35.9 Å². The lowest BCUT2D eigenvalue weighted by atomic mass is 9.89. The number of carbonyl (C=O) groups excluding carboxylic acids is 1. The molecule has 1 aromatic carbocycles. The van der Waals surface area contributed by atoms with Gasteiger partial charge in [-0.05, 0) is 25.0 Å². The second-order valence-corrected chi connectivity index (χ2v) is 5.46. The number of carboxylic acid groups (broad SMARTS) is 1. The molecule has 2 aliphatic heterocycles. The normalized spacial score (nSPS) is 31.8. The largest absolute Gasteiger partial charge is 0.481 e. The Bertz CT molecular complexity index is 516. The third-order valence-electron chi connectivity index (χ3n) is 4.18. The van der Waals surface area contributed by atoms with Crippen LogP contribution < -0.4 is 5.32 Å². The van der Waals surface area contributed by atoms with E-state index in [4.69, 9.17) is 4.74 Å². The van der Waals surface area contributed by atoms with E-state index >= 15 is 0 Å². The van der Waals surface area contributed by atoms with Crippen molar-refractivity contribution in [2.75, 3.05) is 0 Å². The number of hydrogen-bond donors (Lipinski definition) is 2. The minimum Gasteiger partial charge on any atom is -0.481 e. The number of ether oxygens (including phenoxy) is 1. The minimum absolute atomic E-state index is 0.0835. The molecule has 0 radical (unpaired) electrons. The summed E-state index contributed by atoms with van der Waals surface area (Å²) in [6.07, 6.45) is 1.82. The number of fused-ring (bicyclic) bond motifs is 2. The van der Waals surface area contributed by atoms with Crippen LogP contribution in [0.5, 0.6) is 0 Å². The average Bonchev–Trinajstić information content (AvgIpc) is 2.81. The lowest BCUT2D eigenvalue weighted by Gasteiger charge is -2.34. The first-order chi connectivity index (χ1) is 9.65. The number of carboxylic acids is 1. The van der Waals surface area contributed by atoms with Gasteiger partial charge < -0.3 is 15.2 Å². The van der Waals surface area contributed by atoms with Crippen LogP contribution in [-0.4, -0.2) is 35.2 Å². The Balaban J connectivity index is 1.75. The maximum atomic E-state index is 12.1. The van der Waals surface area contributed by atoms with Crippen molar-refractivity contribution in [2.45, 2.75) is 37.5 Å². The van der Waals surface area contributed by atoms with Crippen LogP contribution in [0.4, 0.5) is 0 Å². The van der Waals surface area contributed by atoms with E-state index in [9.17, 15) is 14.7 Å². The molecular weight excluding hydrogens is 258 g/mol. The van der Waals surface area contributed by atoms with Gasteiger partial charge in [-0.1, -0.05) is 18.2 Å². The van der Waals surface area contributed by atoms with E-state index in [1.807, 2.05) is 6.07 Å². The van der Waals surface area contributed by atoms with Crippen LogP contribution >= 0.6 is 0 Å². The zero-order valence-electron chi connectivity index (χ0n) is 11.0. The molecule has 2 aliphatic rings. The molecule has 3 rings (SSSR count). The van der Waals surface area contributed by atoms with Crippen LogP contribution in [0.25, 0.3) is 0 Å². The first-order valence-electron chi connectivity index (χ1n) is 6.90. The Morgan fingerprint density at radius 3 is 2.65 bits per heavy atom. The summed E-state index contributed by atoms with van der Waals surface area (Å²) in [6.45, 7) is 0. The third kappa shape index (κ3) is 2.41. The summed E-state index contributed by atoms with van der Waals surface area (Å²) in [5.41, 5.74) is 0.461. The predicted molar refractivity (Wildman–Crippen MR) is 71.3 cm³/mol. The fourth-order valence-electron chi connectivity index (χ4n) is 3.24. The standard InChI is InChI=1S/C15H17NO4/c17-14(18)13-11-7-6-10(16-11)8-12(13)20-15(19)9-4-2-1-3-5-9/h1-5,10-13,16H,6-8H2,(H,17,18)/t10-,11-,12+,13-/m1/s1. The van der Waals surface area contributed by atoms with Gasteiger partial charge in [-0.3, -0.25) is 4.79 Å². The number of rotatable bonds is 3. The monoisotopic (exact) mass is 275 g/mol. The SMILES string of the molecule is O=C(O[C@H]1C[C@H]2CC[C@@H](N2)[C@H]1C(=O)O)c1ccccc1. The van der Waals surface area contributed by atoms with E-state index in [0.717, 1.165) is 12.8 Å². The fraction of sp³-hybridized carbons (Fsp3) is 0.467. The molecule has 2 N–H and O–H groups in total. The molecule has 106 valence electrons. The number of carbonyl (C=O) groups is 2. The maximum Gasteiger partial charge on any atom is 0.338 e. The quantitative estimate of drug-likeness (QED) is 0.816. The first-order valence-corrected chi connectivity index (χ1v) is 6.90. The van der Waals surface area contributed by atoms with Gasteiger partial charge in [0.25, 0.3) is 0 Å². The van der Waals surface area contributed by atoms with Crippen molar-refractivity contribution in [2.24, 2.45) is 5.92 Å². The topological polar surface area (TPSA) is 75.6 Å². The van der Waals surface area contributed by atoms with Gasteiger partial charge in [-0.15, -0.1) is 0 Å². The number of esters is 1. The molecule has 0 unspecified atom stereocenters. The summed E-state index contributed by atoms with van der Waals surface area (Å²) >= 11 is 0. The van der Waals surface area contributed by atoms with Crippen molar-refractivity contribution in [3.63, 3.8) is 0 Å². The van der Waals surface area contributed by atoms with Crippen molar-refractivity contribution in [3.8, 4) is 0 Å². The van der Waals surface area contributed by atoms with E-state index in [1.165, 1.54) is 0 Å². The minimum atomic E-state index is -0.895. The molecule has 2 saturated heterocycles. The Morgan fingerprint density at radius 1 is 1.20 bits per heavy atom. The van der Waals surface area contributed by atoms with Gasteiger partial charge in [0.1, 0.15) is 12.0 Å². The molecule has 0 amide bonds. The van der Waals surface area contributed by atoms with Crippen molar-refractivity contribution in [1.82, 2.24) is 5.32 Å². The Morgan fingerprint density at radius 2 is 1.95 bits per heavy atom. The van der Waals surface area contributed by atoms with E-state index < -0.39 is 24.0 Å². The van der Waals surface area contributed by atoms with Crippen molar-refractivity contribution < 1.29 is 19.4 Å². The second-order valence-electron chi connectivity index (χ2n) is 5.46. The Hall–Kier alpha value is -1.88. The predicted octanol–water partition coefficient (Wildman–Crippen LogP) is 1.44. The molecule has 1 aromatic rings. The molecule has 5 heteroatoms. The van der Waals surface area contributed by atoms with Gasteiger partial charge in [0.15, 0.2) is 0 Å². The molecule has 0 aromatic heterocycles. The van der Waals surface area contributed by atoms with Crippen LogP contribution in [0.15, 0.2) is 30.3 Å². The van der Waals surface area contributed by atoms with Gasteiger partial charge in [0, 0.05) is 18.5 Å². The van der Waals surface area contributed by atoms with Crippen LogP contribution in [0.3, 0.4) is 0 Å². The van der Waals surface area contributed by atoms with Gasteiger partial charge in [-0.25, -0.2) is 4.79 Å². The van der Waals surface area contributed by atoms with Gasteiger partial charge in [0.05, 0.1) is 5.56 Å². The zero-order valence-corrected chi connectivity index (χ0v) is 11.0. The molecule has 20 heavy (non-hydrogen) atoms. The van der Waals surface area contributed by atoms with E-state index in [-0.39, 0.29) is 12.1 Å². The van der Waals surface area contributed by atoms with Crippen LogP contribution in [0.1, 0.15) is 29.6 Å². The second kappa shape index (κ2) is 5.25. The summed E-state index contributed by atoms with van der Waals surface area (Å²) in [5.74, 6) is -1.99. The van der Waals surface area contributed by atoms with E-state index in [1.54, 1.807) is 24.3 Å². The van der Waals surface area contributed by atoms with Crippen LogP contribution in [-0.2, 0) is 9.53 Å². The Kier molecular flexibility index (Phi) is 3.44. The summed E-state index contributed by atoms with van der Waals surface area (Å²) in [6, 6.07) is 8.88. The lowest BCUT2D eigenvalue weighted by Crippen LogP contribution is -2.52. The number of piperidine rings is 1. The molecule has 2 fully saturated rings. The molecule has 4 atom stereocenters. The number of benzene rings is 1. The Labute approximate surface area is 116 Å². The number of aliphatic carboxylic acids is 1. The summed E-state index contributed by atoms with van der Waals surface area (Å²) in [7, 11) is 0. The van der Waals surface area contributed by atoms with Gasteiger partial charge >= 0.3 is 11.9 Å². The van der Waals surface area contributed by atoms with Crippen LogP contribution in [0.2, 0.25) is 0 Å². The van der Waals surface area contributed by atoms with Gasteiger partial charge in [0.2, 0.25) is 0 Å². The highest BCUT2D eigenvalue weighted by atomic mass is 16.5. The highest BCUT2D eigenvalue weighted by Crippen LogP contribution is 2.34. The smallest absolute Gasteiger partial charge is 0.338 e. The maximum absolute atomic E-state index is 12.1. The molecular formula is C15H17NO4. The molecule has 2 bridgehead atoms. The van der Waals surface area contributed by atoms with E-state index in [0.29, 0.717) is 12.0 Å². The zero-order chi connectivity index (χ0) is 14.1. The molecule has 0 spiro atoms. The first kappa shape index (κ1) is 13.1. The van der Waals surface area contributed by atoms with Crippen molar-refractivity contribution >= 4 is 11.9 Å². The summed E-state index contributed by atoms with van der Waals surface area (Å²) in [4.78, 5) is 23.5. The highest BCUT2D eigenvalue weighted by Gasteiger charge is 2.47. The van der Waals surface area contributed by atoms with Crippen molar-refractivity contribution in [1.29, 1.82) is 0 Å². The lowest BCUT2D eigenvalue weighted by molar-refractivity contribution is -0.148. The molecule has 0 aliphatic carbocycles. The fourth-order valence-corrected chi connectivity index (χ4v) is 3.24. The number of nitrogens with one attached hydrogen (secondary N) is 1. The van der Waals surface area contributed by atoms with Crippen LogP contribution in [0, 0.1) is 5.92 Å². The molecule has 5 nitrogen and oxygen atoms in total. The average molecular weight is 275 g/mol. The highest BCUT2D eigenvalue weighted by molar-refractivity contribution is 5.89. The van der Waals surface area contributed by atoms with E-state index in [2.05, 4.69) is 5.32 Å². The third-order valence-corrected chi connectivity index (χ3v) is 4.18. The molecule has 0 saturated carbocycles. The summed E-state index contributed by atoms with van der Waals surface area (Å²) in [5, 5.41) is 12.7. The number of hydrogen-bond acceptors (Lipinski definition) is 4.